The lowest BCUT2D eigenvalue weighted by Crippen LogP contribution is -2.18. The van der Waals surface area contributed by atoms with Gasteiger partial charge in [-0.3, -0.25) is 10.0 Å². The second-order valence-electron chi connectivity index (χ2n) is 4.28. The molecule has 1 amide bonds. The number of carbonyl (C=O) groups excluding carboxylic acids is 1. The van der Waals surface area contributed by atoms with Gasteiger partial charge in [-0.1, -0.05) is 17.7 Å². The fourth-order valence-electron chi connectivity index (χ4n) is 1.70. The van der Waals surface area contributed by atoms with E-state index in [1.165, 1.54) is 29.7 Å². The van der Waals surface area contributed by atoms with Crippen molar-refractivity contribution in [2.24, 2.45) is 0 Å². The molecule has 0 heterocycles. The van der Waals surface area contributed by atoms with Gasteiger partial charge in [0.2, 0.25) is 9.84 Å². The summed E-state index contributed by atoms with van der Waals surface area (Å²) in [6.45, 7) is 1.87. The molecule has 0 atom stereocenters. The highest BCUT2D eigenvalue weighted by molar-refractivity contribution is 7.91. The minimum absolute atomic E-state index is 0.0934. The van der Waals surface area contributed by atoms with Crippen LogP contribution in [0.3, 0.4) is 0 Å². The maximum atomic E-state index is 12.3. The minimum atomic E-state index is -3.60. The van der Waals surface area contributed by atoms with E-state index in [1.807, 2.05) is 6.92 Å². The van der Waals surface area contributed by atoms with Crippen LogP contribution in [0.5, 0.6) is 0 Å². The van der Waals surface area contributed by atoms with Crippen molar-refractivity contribution in [1.82, 2.24) is 5.48 Å². The Morgan fingerprint density at radius 3 is 1.85 bits per heavy atom. The number of sulfone groups is 1. The number of hydrogen-bond donors (Lipinski definition) is 2. The summed E-state index contributed by atoms with van der Waals surface area (Å²) in [6, 6.07) is 11.9. The molecule has 0 radical (unpaired) electrons. The Kier molecular flexibility index (Phi) is 3.87. The molecule has 2 N–H and O–H groups in total. The smallest absolute Gasteiger partial charge is 0.274 e. The Bertz CT molecular complexity index is 719. The summed E-state index contributed by atoms with van der Waals surface area (Å²) in [7, 11) is -3.60. The third-order valence-corrected chi connectivity index (χ3v) is 4.65. The van der Waals surface area contributed by atoms with Gasteiger partial charge >= 0.3 is 0 Å². The summed E-state index contributed by atoms with van der Waals surface area (Å²) in [5.74, 6) is -0.690. The molecule has 0 spiro atoms. The Hall–Kier alpha value is -2.18. The van der Waals surface area contributed by atoms with Crippen molar-refractivity contribution in [3.05, 3.63) is 59.7 Å². The SMILES string of the molecule is Cc1ccc(S(=O)(=O)c2ccc(C(=O)NO)cc2)cc1. The summed E-state index contributed by atoms with van der Waals surface area (Å²) < 4.78 is 24.7. The summed E-state index contributed by atoms with van der Waals surface area (Å²) in [4.78, 5) is 11.5. The normalized spacial score (nSPS) is 11.1. The number of carbonyl (C=O) groups is 1. The zero-order chi connectivity index (χ0) is 14.8. The van der Waals surface area contributed by atoms with E-state index in [9.17, 15) is 13.2 Å². The van der Waals surface area contributed by atoms with Crippen LogP contribution in [0.25, 0.3) is 0 Å². The van der Waals surface area contributed by atoms with Gasteiger partial charge in [-0.25, -0.2) is 13.9 Å². The summed E-state index contributed by atoms with van der Waals surface area (Å²) in [5.41, 5.74) is 2.64. The maximum absolute atomic E-state index is 12.3. The predicted molar refractivity (Wildman–Crippen MR) is 72.3 cm³/mol. The van der Waals surface area contributed by atoms with E-state index < -0.39 is 15.7 Å². The Labute approximate surface area is 116 Å². The number of amides is 1. The molecule has 2 aromatic rings. The molecule has 2 rings (SSSR count). The van der Waals surface area contributed by atoms with Gasteiger partial charge in [0.15, 0.2) is 0 Å². The first-order valence-electron chi connectivity index (χ1n) is 5.81. The number of aryl methyl sites for hydroxylation is 1. The van der Waals surface area contributed by atoms with Crippen LogP contribution in [0, 0.1) is 6.92 Å². The maximum Gasteiger partial charge on any atom is 0.274 e. The average Bonchev–Trinajstić information content (AvgIpc) is 2.47. The van der Waals surface area contributed by atoms with Crippen molar-refractivity contribution in [3.63, 3.8) is 0 Å². The Balaban J connectivity index is 2.40. The van der Waals surface area contributed by atoms with Crippen LogP contribution in [0.4, 0.5) is 0 Å². The van der Waals surface area contributed by atoms with Gasteiger partial charge in [-0.2, -0.15) is 0 Å². The Morgan fingerprint density at radius 1 is 0.950 bits per heavy atom. The van der Waals surface area contributed by atoms with Crippen molar-refractivity contribution in [2.75, 3.05) is 0 Å². The van der Waals surface area contributed by atoms with E-state index in [0.29, 0.717) is 0 Å². The van der Waals surface area contributed by atoms with Crippen LogP contribution < -0.4 is 5.48 Å². The van der Waals surface area contributed by atoms with Crippen molar-refractivity contribution < 1.29 is 18.4 Å². The van der Waals surface area contributed by atoms with Gasteiger partial charge in [0.25, 0.3) is 5.91 Å². The molecule has 5 nitrogen and oxygen atoms in total. The van der Waals surface area contributed by atoms with Gasteiger partial charge in [0.05, 0.1) is 9.79 Å². The lowest BCUT2D eigenvalue weighted by atomic mass is 10.2. The first-order chi connectivity index (χ1) is 9.45. The first-order valence-corrected chi connectivity index (χ1v) is 7.30. The molecule has 6 heteroatoms. The first kappa shape index (κ1) is 14.2. The van der Waals surface area contributed by atoms with Crippen LogP contribution in [0.15, 0.2) is 58.3 Å². The fraction of sp³-hybridized carbons (Fsp3) is 0.0714. The summed E-state index contributed by atoms with van der Waals surface area (Å²) in [5, 5.41) is 8.50. The molecule has 104 valence electrons. The quantitative estimate of drug-likeness (QED) is 0.668. The van der Waals surface area contributed by atoms with E-state index in [4.69, 9.17) is 5.21 Å². The monoisotopic (exact) mass is 291 g/mol. The second kappa shape index (κ2) is 5.44. The lowest BCUT2D eigenvalue weighted by Gasteiger charge is -2.06. The topological polar surface area (TPSA) is 83.5 Å². The fourth-order valence-corrected chi connectivity index (χ4v) is 2.96. The largest absolute Gasteiger partial charge is 0.288 e. The Morgan fingerprint density at radius 2 is 1.40 bits per heavy atom. The van der Waals surface area contributed by atoms with E-state index in [1.54, 1.807) is 24.3 Å². The number of rotatable bonds is 3. The molecule has 0 aliphatic heterocycles. The molecule has 0 saturated heterocycles. The third-order valence-electron chi connectivity index (χ3n) is 2.86. The van der Waals surface area contributed by atoms with E-state index in [2.05, 4.69) is 0 Å². The zero-order valence-corrected chi connectivity index (χ0v) is 11.5. The van der Waals surface area contributed by atoms with Crippen LogP contribution in [-0.4, -0.2) is 19.5 Å². The predicted octanol–water partition coefficient (Wildman–Crippen LogP) is 1.95. The highest BCUT2D eigenvalue weighted by atomic mass is 32.2. The van der Waals surface area contributed by atoms with Gasteiger partial charge in [0, 0.05) is 5.56 Å². The van der Waals surface area contributed by atoms with Gasteiger partial charge in [-0.15, -0.1) is 0 Å². The molecule has 2 aromatic carbocycles. The number of benzene rings is 2. The molecular weight excluding hydrogens is 278 g/mol. The molecule has 0 fully saturated rings. The highest BCUT2D eigenvalue weighted by Gasteiger charge is 2.17. The molecule has 0 bridgehead atoms. The lowest BCUT2D eigenvalue weighted by molar-refractivity contribution is 0.0706. The third kappa shape index (κ3) is 2.71. The van der Waals surface area contributed by atoms with Crippen LogP contribution in [0.1, 0.15) is 15.9 Å². The molecule has 0 saturated carbocycles. The average molecular weight is 291 g/mol. The summed E-state index contributed by atoms with van der Waals surface area (Å²) in [6.07, 6.45) is 0. The molecule has 0 aromatic heterocycles. The molecule has 20 heavy (non-hydrogen) atoms. The number of hydroxylamine groups is 1. The molecule has 0 aliphatic rings. The molecule has 0 unspecified atom stereocenters. The van der Waals surface area contributed by atoms with Crippen molar-refractivity contribution >= 4 is 15.7 Å². The van der Waals surface area contributed by atoms with Crippen molar-refractivity contribution in [1.29, 1.82) is 0 Å². The van der Waals surface area contributed by atoms with E-state index in [-0.39, 0.29) is 15.4 Å². The molecule has 0 aliphatic carbocycles. The highest BCUT2D eigenvalue weighted by Crippen LogP contribution is 2.21. The summed E-state index contributed by atoms with van der Waals surface area (Å²) >= 11 is 0. The number of hydrogen-bond acceptors (Lipinski definition) is 4. The second-order valence-corrected chi connectivity index (χ2v) is 6.23. The minimum Gasteiger partial charge on any atom is -0.288 e. The van der Waals surface area contributed by atoms with Gasteiger partial charge < -0.3 is 0 Å². The van der Waals surface area contributed by atoms with Gasteiger partial charge in [0.1, 0.15) is 0 Å². The van der Waals surface area contributed by atoms with Crippen LogP contribution in [0.2, 0.25) is 0 Å². The van der Waals surface area contributed by atoms with Crippen LogP contribution >= 0.6 is 0 Å². The van der Waals surface area contributed by atoms with E-state index >= 15 is 0 Å². The molecular formula is C14H13NO4S. The van der Waals surface area contributed by atoms with E-state index in [0.717, 1.165) is 5.56 Å². The zero-order valence-electron chi connectivity index (χ0n) is 10.7. The van der Waals surface area contributed by atoms with Crippen LogP contribution in [-0.2, 0) is 9.84 Å². The van der Waals surface area contributed by atoms with Gasteiger partial charge in [-0.05, 0) is 43.3 Å². The van der Waals surface area contributed by atoms with Crippen molar-refractivity contribution in [2.45, 2.75) is 16.7 Å². The number of nitrogens with one attached hydrogen (secondary N) is 1. The standard InChI is InChI=1S/C14H13NO4S/c1-10-2-6-12(7-3-10)20(18,19)13-8-4-11(5-9-13)14(16)15-17/h2-9,17H,1H3,(H,15,16). The van der Waals surface area contributed by atoms with Crippen molar-refractivity contribution in [3.8, 4) is 0 Å².